The van der Waals surface area contributed by atoms with E-state index in [1.807, 2.05) is 6.07 Å². The van der Waals surface area contributed by atoms with Gasteiger partial charge in [-0.2, -0.15) is 0 Å². The molecule has 6 nitrogen and oxygen atoms in total. The number of carbonyl (C=O) groups is 2. The summed E-state index contributed by atoms with van der Waals surface area (Å²) < 4.78 is 10.9. The van der Waals surface area contributed by atoms with Crippen LogP contribution in [0.5, 0.6) is 5.75 Å². The minimum atomic E-state index is -0.266. The zero-order chi connectivity index (χ0) is 21.3. The Bertz CT molecular complexity index is 980. The molecule has 6 heteroatoms. The van der Waals surface area contributed by atoms with Gasteiger partial charge in [-0.15, -0.1) is 0 Å². The predicted octanol–water partition coefficient (Wildman–Crippen LogP) is 4.89. The molecule has 1 aromatic heterocycles. The van der Waals surface area contributed by atoms with Crippen LogP contribution in [0.4, 0.5) is 5.69 Å². The van der Waals surface area contributed by atoms with Gasteiger partial charge >= 0.3 is 0 Å². The van der Waals surface area contributed by atoms with Gasteiger partial charge in [0.15, 0.2) is 0 Å². The van der Waals surface area contributed by atoms with Crippen molar-refractivity contribution in [1.29, 1.82) is 0 Å². The first-order valence-electron chi connectivity index (χ1n) is 9.96. The van der Waals surface area contributed by atoms with Crippen molar-refractivity contribution in [3.8, 4) is 5.75 Å². The average Bonchev–Trinajstić information content (AvgIpc) is 3.26. The van der Waals surface area contributed by atoms with Crippen molar-refractivity contribution in [2.24, 2.45) is 5.92 Å². The van der Waals surface area contributed by atoms with Crippen LogP contribution in [-0.2, 0) is 6.54 Å². The van der Waals surface area contributed by atoms with Crippen LogP contribution in [0.2, 0.25) is 0 Å². The molecule has 3 rings (SSSR count). The Balaban J connectivity index is 1.60. The molecule has 0 unspecified atom stereocenters. The van der Waals surface area contributed by atoms with Crippen LogP contribution in [0.1, 0.15) is 46.7 Å². The largest absolute Gasteiger partial charge is 0.494 e. The minimum absolute atomic E-state index is 0.247. The number of amides is 2. The highest BCUT2D eigenvalue weighted by Gasteiger charge is 2.11. The molecule has 0 atom stereocenters. The Labute approximate surface area is 176 Å². The van der Waals surface area contributed by atoms with Gasteiger partial charge in [0.25, 0.3) is 11.8 Å². The summed E-state index contributed by atoms with van der Waals surface area (Å²) in [6.07, 6.45) is 2.51. The molecule has 0 radical (unpaired) electrons. The normalized spacial score (nSPS) is 10.6. The van der Waals surface area contributed by atoms with E-state index in [9.17, 15) is 9.59 Å². The van der Waals surface area contributed by atoms with Gasteiger partial charge < -0.3 is 19.8 Å². The van der Waals surface area contributed by atoms with Crippen molar-refractivity contribution in [1.82, 2.24) is 5.32 Å². The van der Waals surface area contributed by atoms with E-state index in [2.05, 4.69) is 24.5 Å². The quantitative estimate of drug-likeness (QED) is 0.530. The maximum atomic E-state index is 12.6. The van der Waals surface area contributed by atoms with Gasteiger partial charge in [-0.05, 0) is 60.9 Å². The maximum absolute atomic E-state index is 12.6. The highest BCUT2D eigenvalue weighted by Crippen LogP contribution is 2.17. The molecule has 0 spiro atoms. The lowest BCUT2D eigenvalue weighted by Crippen LogP contribution is -2.22. The topological polar surface area (TPSA) is 80.6 Å². The van der Waals surface area contributed by atoms with Crippen molar-refractivity contribution >= 4 is 17.5 Å². The summed E-state index contributed by atoms with van der Waals surface area (Å²) >= 11 is 0. The Hall–Kier alpha value is -3.54. The van der Waals surface area contributed by atoms with Crippen molar-refractivity contribution in [3.63, 3.8) is 0 Å². The number of hydrogen-bond acceptors (Lipinski definition) is 4. The number of benzene rings is 2. The summed E-state index contributed by atoms with van der Waals surface area (Å²) in [7, 11) is 0. The standard InChI is InChI=1S/C24H26N2O4/c1-17(2)11-13-30-21-9-4-7-19(15-21)24(28)26-20-8-3-6-18(14-20)23(27)25-16-22-10-5-12-29-22/h3-10,12,14-15,17H,11,13,16H2,1-2H3,(H,25,27)(H,26,28). The fraction of sp³-hybridized carbons (Fsp3) is 0.250. The van der Waals surface area contributed by atoms with Crippen molar-refractivity contribution in [2.45, 2.75) is 26.8 Å². The molecule has 0 aliphatic carbocycles. The SMILES string of the molecule is CC(C)CCOc1cccc(C(=O)Nc2cccc(C(=O)NCc3ccco3)c2)c1. The summed E-state index contributed by atoms with van der Waals surface area (Å²) in [6, 6.07) is 17.4. The molecule has 2 amide bonds. The molecule has 3 aromatic rings. The maximum Gasteiger partial charge on any atom is 0.255 e. The fourth-order valence-electron chi connectivity index (χ4n) is 2.76. The molecular formula is C24H26N2O4. The van der Waals surface area contributed by atoms with E-state index < -0.39 is 0 Å². The molecule has 0 fully saturated rings. The van der Waals surface area contributed by atoms with Crippen molar-refractivity contribution in [3.05, 3.63) is 83.8 Å². The van der Waals surface area contributed by atoms with Gasteiger partial charge in [0, 0.05) is 16.8 Å². The molecule has 2 N–H and O–H groups in total. The molecule has 0 saturated carbocycles. The van der Waals surface area contributed by atoms with Crippen LogP contribution in [0.25, 0.3) is 0 Å². The lowest BCUT2D eigenvalue weighted by molar-refractivity contribution is 0.0946. The van der Waals surface area contributed by atoms with Gasteiger partial charge in [-0.25, -0.2) is 0 Å². The summed E-state index contributed by atoms with van der Waals surface area (Å²) in [5, 5.41) is 5.62. The number of furan rings is 1. The zero-order valence-corrected chi connectivity index (χ0v) is 17.2. The predicted molar refractivity (Wildman–Crippen MR) is 116 cm³/mol. The summed E-state index contributed by atoms with van der Waals surface area (Å²) in [6.45, 7) is 5.18. The van der Waals surface area contributed by atoms with E-state index in [0.717, 1.165) is 6.42 Å². The molecule has 0 saturated heterocycles. The van der Waals surface area contributed by atoms with E-state index in [1.54, 1.807) is 60.9 Å². The first-order valence-corrected chi connectivity index (χ1v) is 9.96. The Morgan fingerprint density at radius 1 is 0.967 bits per heavy atom. The van der Waals surface area contributed by atoms with Crippen LogP contribution in [0.15, 0.2) is 71.3 Å². The lowest BCUT2D eigenvalue weighted by atomic mass is 10.1. The van der Waals surface area contributed by atoms with E-state index in [1.165, 1.54) is 0 Å². The third-order valence-electron chi connectivity index (χ3n) is 4.45. The van der Waals surface area contributed by atoms with E-state index in [-0.39, 0.29) is 11.8 Å². The number of carbonyl (C=O) groups excluding carboxylic acids is 2. The van der Waals surface area contributed by atoms with Gasteiger partial charge in [-0.1, -0.05) is 26.0 Å². The minimum Gasteiger partial charge on any atom is -0.494 e. The number of ether oxygens (including phenoxy) is 1. The Morgan fingerprint density at radius 2 is 1.73 bits per heavy atom. The molecule has 156 valence electrons. The Morgan fingerprint density at radius 3 is 2.47 bits per heavy atom. The zero-order valence-electron chi connectivity index (χ0n) is 17.2. The second-order valence-electron chi connectivity index (χ2n) is 7.36. The number of hydrogen-bond donors (Lipinski definition) is 2. The molecule has 30 heavy (non-hydrogen) atoms. The second kappa shape index (κ2) is 10.3. The van der Waals surface area contributed by atoms with Crippen LogP contribution in [0.3, 0.4) is 0 Å². The van der Waals surface area contributed by atoms with Gasteiger partial charge in [0.05, 0.1) is 19.4 Å². The van der Waals surface area contributed by atoms with Crippen LogP contribution in [-0.4, -0.2) is 18.4 Å². The van der Waals surface area contributed by atoms with Crippen LogP contribution < -0.4 is 15.4 Å². The first-order chi connectivity index (χ1) is 14.5. The summed E-state index contributed by atoms with van der Waals surface area (Å²) in [4.78, 5) is 25.0. The molecule has 0 aliphatic rings. The second-order valence-corrected chi connectivity index (χ2v) is 7.36. The summed E-state index contributed by atoms with van der Waals surface area (Å²) in [5.41, 5.74) is 1.48. The fourth-order valence-corrected chi connectivity index (χ4v) is 2.76. The first kappa shape index (κ1) is 21.2. The molecular weight excluding hydrogens is 380 g/mol. The molecule has 0 aliphatic heterocycles. The number of rotatable bonds is 9. The van der Waals surface area contributed by atoms with Gasteiger partial charge in [0.1, 0.15) is 11.5 Å². The smallest absolute Gasteiger partial charge is 0.255 e. The third-order valence-corrected chi connectivity index (χ3v) is 4.45. The monoisotopic (exact) mass is 406 g/mol. The van der Waals surface area contributed by atoms with Gasteiger partial charge in [-0.3, -0.25) is 9.59 Å². The van der Waals surface area contributed by atoms with Crippen molar-refractivity contribution in [2.75, 3.05) is 11.9 Å². The van der Waals surface area contributed by atoms with E-state index in [4.69, 9.17) is 9.15 Å². The Kier molecular flexibility index (Phi) is 7.27. The number of anilines is 1. The molecule has 1 heterocycles. The van der Waals surface area contributed by atoms with Gasteiger partial charge in [0.2, 0.25) is 0 Å². The highest BCUT2D eigenvalue weighted by atomic mass is 16.5. The molecule has 0 bridgehead atoms. The van der Waals surface area contributed by atoms with E-state index >= 15 is 0 Å². The number of nitrogens with one attached hydrogen (secondary N) is 2. The van der Waals surface area contributed by atoms with Crippen LogP contribution >= 0.6 is 0 Å². The summed E-state index contributed by atoms with van der Waals surface area (Å²) in [5.74, 6) is 1.37. The van der Waals surface area contributed by atoms with Crippen molar-refractivity contribution < 1.29 is 18.7 Å². The molecule has 2 aromatic carbocycles. The third kappa shape index (κ3) is 6.24. The van der Waals surface area contributed by atoms with Crippen LogP contribution in [0, 0.1) is 5.92 Å². The average molecular weight is 406 g/mol. The van der Waals surface area contributed by atoms with E-state index in [0.29, 0.717) is 47.4 Å². The highest BCUT2D eigenvalue weighted by molar-refractivity contribution is 6.05. The lowest BCUT2D eigenvalue weighted by Gasteiger charge is -2.10.